The molecule has 4 N–H and O–H groups in total. The number of piperidine rings is 1. The standard InChI is InChI=1S/C18H37N5O2/c1-3-25-15-7-5-11-22-18(20-2)21-10-4-6-12-23-13-8-16(9-14-23)17(19)24/h16H,3-15H2,1-2H3,(H2,19,24)(H2,20,21,22). The van der Waals surface area contributed by atoms with Gasteiger partial charge in [-0.15, -0.1) is 0 Å². The van der Waals surface area contributed by atoms with Crippen LogP contribution in [-0.4, -0.2) is 69.8 Å². The van der Waals surface area contributed by atoms with Crippen LogP contribution in [0.3, 0.4) is 0 Å². The SMILES string of the molecule is CCOCCCCNC(=NC)NCCCCN1CCC(C(N)=O)CC1. The summed E-state index contributed by atoms with van der Waals surface area (Å²) in [7, 11) is 1.80. The van der Waals surface area contributed by atoms with Gasteiger partial charge in [-0.2, -0.15) is 0 Å². The number of primary amides is 1. The smallest absolute Gasteiger partial charge is 0.220 e. The number of carbonyl (C=O) groups is 1. The molecular formula is C18H37N5O2. The van der Waals surface area contributed by atoms with Crippen LogP contribution in [0.25, 0.3) is 0 Å². The van der Waals surface area contributed by atoms with Gasteiger partial charge in [-0.3, -0.25) is 9.79 Å². The van der Waals surface area contributed by atoms with E-state index >= 15 is 0 Å². The van der Waals surface area contributed by atoms with Gasteiger partial charge >= 0.3 is 0 Å². The van der Waals surface area contributed by atoms with Gasteiger partial charge in [0.05, 0.1) is 0 Å². The fraction of sp³-hybridized carbons (Fsp3) is 0.889. The summed E-state index contributed by atoms with van der Waals surface area (Å²) in [5.41, 5.74) is 5.37. The summed E-state index contributed by atoms with van der Waals surface area (Å²) >= 11 is 0. The number of carbonyl (C=O) groups excluding carboxylic acids is 1. The minimum atomic E-state index is -0.138. The molecule has 0 spiro atoms. The lowest BCUT2D eigenvalue weighted by Crippen LogP contribution is -2.40. The molecule has 1 heterocycles. The van der Waals surface area contributed by atoms with Gasteiger partial charge in [-0.05, 0) is 65.1 Å². The van der Waals surface area contributed by atoms with Crippen LogP contribution in [0.2, 0.25) is 0 Å². The average molecular weight is 356 g/mol. The molecule has 0 aliphatic carbocycles. The van der Waals surface area contributed by atoms with E-state index in [-0.39, 0.29) is 11.8 Å². The number of hydrogen-bond acceptors (Lipinski definition) is 4. The fourth-order valence-electron chi connectivity index (χ4n) is 3.01. The molecule has 1 saturated heterocycles. The molecule has 1 aliphatic heterocycles. The zero-order chi connectivity index (χ0) is 18.3. The van der Waals surface area contributed by atoms with Crippen LogP contribution >= 0.6 is 0 Å². The molecule has 7 heteroatoms. The number of nitrogens with one attached hydrogen (secondary N) is 2. The van der Waals surface area contributed by atoms with Crippen molar-refractivity contribution in [3.05, 3.63) is 0 Å². The Morgan fingerprint density at radius 1 is 1.16 bits per heavy atom. The van der Waals surface area contributed by atoms with Gasteiger partial charge in [0.2, 0.25) is 5.91 Å². The number of likely N-dealkylation sites (tertiary alicyclic amines) is 1. The highest BCUT2D eigenvalue weighted by Crippen LogP contribution is 2.16. The highest BCUT2D eigenvalue weighted by Gasteiger charge is 2.22. The van der Waals surface area contributed by atoms with E-state index in [2.05, 4.69) is 20.5 Å². The second-order valence-corrected chi connectivity index (χ2v) is 6.56. The number of guanidine groups is 1. The maximum absolute atomic E-state index is 11.2. The highest BCUT2D eigenvalue weighted by atomic mass is 16.5. The summed E-state index contributed by atoms with van der Waals surface area (Å²) in [5.74, 6) is 0.820. The lowest BCUT2D eigenvalue weighted by molar-refractivity contribution is -0.123. The van der Waals surface area contributed by atoms with Gasteiger partial charge in [-0.25, -0.2) is 0 Å². The number of amides is 1. The van der Waals surface area contributed by atoms with Crippen molar-refractivity contribution in [2.24, 2.45) is 16.6 Å². The van der Waals surface area contributed by atoms with Crippen molar-refractivity contribution < 1.29 is 9.53 Å². The van der Waals surface area contributed by atoms with Crippen LogP contribution in [-0.2, 0) is 9.53 Å². The number of nitrogens with two attached hydrogens (primary N) is 1. The summed E-state index contributed by atoms with van der Waals surface area (Å²) in [6, 6.07) is 0. The molecule has 146 valence electrons. The lowest BCUT2D eigenvalue weighted by Gasteiger charge is -2.30. The van der Waals surface area contributed by atoms with E-state index in [1.54, 1.807) is 7.05 Å². The highest BCUT2D eigenvalue weighted by molar-refractivity contribution is 5.79. The molecule has 0 radical (unpaired) electrons. The molecule has 7 nitrogen and oxygen atoms in total. The minimum Gasteiger partial charge on any atom is -0.382 e. The van der Waals surface area contributed by atoms with Gasteiger partial charge in [-0.1, -0.05) is 0 Å². The third-order valence-corrected chi connectivity index (χ3v) is 4.62. The van der Waals surface area contributed by atoms with Crippen molar-refractivity contribution in [2.45, 2.75) is 45.4 Å². The Hall–Kier alpha value is -1.34. The van der Waals surface area contributed by atoms with Crippen LogP contribution in [0, 0.1) is 5.92 Å². The molecule has 1 amide bonds. The second-order valence-electron chi connectivity index (χ2n) is 6.56. The van der Waals surface area contributed by atoms with Crippen LogP contribution in [0.5, 0.6) is 0 Å². The summed E-state index contributed by atoms with van der Waals surface area (Å²) in [6.07, 6.45) is 6.24. The number of unbranched alkanes of at least 4 members (excludes halogenated alkanes) is 2. The van der Waals surface area contributed by atoms with Gasteiger partial charge in [0.1, 0.15) is 0 Å². The van der Waals surface area contributed by atoms with E-state index in [0.29, 0.717) is 0 Å². The molecule has 0 unspecified atom stereocenters. The monoisotopic (exact) mass is 355 g/mol. The number of nitrogens with zero attached hydrogens (tertiary/aromatic N) is 2. The quantitative estimate of drug-likeness (QED) is 0.275. The average Bonchev–Trinajstić information content (AvgIpc) is 2.63. The van der Waals surface area contributed by atoms with Crippen molar-refractivity contribution in [2.75, 3.05) is 53.0 Å². The Morgan fingerprint density at radius 3 is 2.36 bits per heavy atom. The second kappa shape index (κ2) is 13.9. The van der Waals surface area contributed by atoms with Crippen molar-refractivity contribution >= 4 is 11.9 Å². The molecule has 1 aliphatic rings. The third-order valence-electron chi connectivity index (χ3n) is 4.62. The maximum Gasteiger partial charge on any atom is 0.220 e. The summed E-state index contributed by atoms with van der Waals surface area (Å²) in [6.45, 7) is 8.57. The van der Waals surface area contributed by atoms with E-state index in [1.807, 2.05) is 6.92 Å². The van der Waals surface area contributed by atoms with Crippen molar-refractivity contribution in [3.8, 4) is 0 Å². The number of ether oxygens (including phenoxy) is 1. The summed E-state index contributed by atoms with van der Waals surface area (Å²) in [5, 5.41) is 6.69. The zero-order valence-corrected chi connectivity index (χ0v) is 16.1. The van der Waals surface area contributed by atoms with Crippen LogP contribution in [0.1, 0.15) is 45.4 Å². The molecule has 0 bridgehead atoms. The van der Waals surface area contributed by atoms with Crippen LogP contribution in [0.15, 0.2) is 4.99 Å². The van der Waals surface area contributed by atoms with Gasteiger partial charge in [0.15, 0.2) is 5.96 Å². The van der Waals surface area contributed by atoms with Crippen molar-refractivity contribution in [3.63, 3.8) is 0 Å². The van der Waals surface area contributed by atoms with Crippen molar-refractivity contribution in [1.82, 2.24) is 15.5 Å². The Morgan fingerprint density at radius 2 is 1.80 bits per heavy atom. The van der Waals surface area contributed by atoms with E-state index in [1.165, 1.54) is 0 Å². The molecule has 1 fully saturated rings. The van der Waals surface area contributed by atoms with E-state index in [4.69, 9.17) is 10.5 Å². The number of aliphatic imine (C=N–C) groups is 1. The first-order chi connectivity index (χ1) is 12.2. The summed E-state index contributed by atoms with van der Waals surface area (Å²) < 4.78 is 5.33. The van der Waals surface area contributed by atoms with Gasteiger partial charge in [0, 0.05) is 39.3 Å². The normalized spacial score (nSPS) is 16.8. The molecule has 1 rings (SSSR count). The first kappa shape index (κ1) is 21.7. The van der Waals surface area contributed by atoms with Crippen LogP contribution < -0.4 is 16.4 Å². The first-order valence-electron chi connectivity index (χ1n) is 9.71. The Bertz CT molecular complexity index is 382. The van der Waals surface area contributed by atoms with E-state index in [0.717, 1.165) is 90.4 Å². The minimum absolute atomic E-state index is 0.0841. The van der Waals surface area contributed by atoms with Gasteiger partial charge in [0.25, 0.3) is 0 Å². The van der Waals surface area contributed by atoms with Gasteiger partial charge < -0.3 is 26.0 Å². The molecular weight excluding hydrogens is 318 g/mol. The number of hydrogen-bond donors (Lipinski definition) is 3. The van der Waals surface area contributed by atoms with Crippen molar-refractivity contribution in [1.29, 1.82) is 0 Å². The Balaban J connectivity index is 1.98. The number of rotatable bonds is 12. The molecule has 0 aromatic heterocycles. The predicted octanol–water partition coefficient (Wildman–Crippen LogP) is 0.946. The molecule has 0 aromatic carbocycles. The maximum atomic E-state index is 11.2. The lowest BCUT2D eigenvalue weighted by atomic mass is 9.96. The first-order valence-corrected chi connectivity index (χ1v) is 9.71. The Labute approximate surface area is 152 Å². The molecule has 0 atom stereocenters. The fourth-order valence-corrected chi connectivity index (χ4v) is 3.01. The largest absolute Gasteiger partial charge is 0.382 e. The molecule has 0 saturated carbocycles. The van der Waals surface area contributed by atoms with E-state index < -0.39 is 0 Å². The molecule has 0 aromatic rings. The van der Waals surface area contributed by atoms with E-state index in [9.17, 15) is 4.79 Å². The topological polar surface area (TPSA) is 92.0 Å². The van der Waals surface area contributed by atoms with Crippen LogP contribution in [0.4, 0.5) is 0 Å². The predicted molar refractivity (Wildman–Crippen MR) is 103 cm³/mol. The molecule has 25 heavy (non-hydrogen) atoms. The Kier molecular flexibility index (Phi) is 12.1. The zero-order valence-electron chi connectivity index (χ0n) is 16.1. The third kappa shape index (κ3) is 10.3. The summed E-state index contributed by atoms with van der Waals surface area (Å²) in [4.78, 5) is 17.8.